The number of aryl methyl sites for hydroxylation is 1. The van der Waals surface area contributed by atoms with E-state index in [1.807, 2.05) is 43.5 Å². The SMILES string of the molecule is CSc1ccc(C(N)c2cc(C)ccc2F)cc1. The summed E-state index contributed by atoms with van der Waals surface area (Å²) < 4.78 is 13.8. The molecule has 2 rings (SSSR count). The van der Waals surface area contributed by atoms with Gasteiger partial charge in [0.05, 0.1) is 6.04 Å². The van der Waals surface area contributed by atoms with E-state index in [1.165, 1.54) is 11.0 Å². The van der Waals surface area contributed by atoms with Crippen LogP contribution in [0.3, 0.4) is 0 Å². The molecule has 0 bridgehead atoms. The minimum atomic E-state index is -0.416. The maximum atomic E-state index is 13.8. The zero-order valence-corrected chi connectivity index (χ0v) is 11.3. The molecule has 0 saturated heterocycles. The lowest BCUT2D eigenvalue weighted by Crippen LogP contribution is -2.13. The highest BCUT2D eigenvalue weighted by atomic mass is 32.2. The minimum absolute atomic E-state index is 0.248. The van der Waals surface area contributed by atoms with Gasteiger partial charge in [-0.15, -0.1) is 11.8 Å². The van der Waals surface area contributed by atoms with Crippen molar-refractivity contribution in [2.24, 2.45) is 5.73 Å². The third-order valence-electron chi connectivity index (χ3n) is 2.96. The van der Waals surface area contributed by atoms with Crippen molar-refractivity contribution in [1.29, 1.82) is 0 Å². The summed E-state index contributed by atoms with van der Waals surface area (Å²) in [4.78, 5) is 1.18. The van der Waals surface area contributed by atoms with E-state index in [1.54, 1.807) is 17.8 Å². The van der Waals surface area contributed by atoms with E-state index in [2.05, 4.69) is 0 Å². The Balaban J connectivity index is 2.34. The molecule has 2 N–H and O–H groups in total. The van der Waals surface area contributed by atoms with E-state index in [4.69, 9.17) is 5.73 Å². The quantitative estimate of drug-likeness (QED) is 0.848. The molecule has 18 heavy (non-hydrogen) atoms. The van der Waals surface area contributed by atoms with Crippen LogP contribution in [0.2, 0.25) is 0 Å². The molecule has 0 aliphatic heterocycles. The summed E-state index contributed by atoms with van der Waals surface area (Å²) in [5.41, 5.74) is 8.62. The van der Waals surface area contributed by atoms with Crippen molar-refractivity contribution in [3.63, 3.8) is 0 Å². The normalized spacial score (nSPS) is 12.4. The summed E-state index contributed by atoms with van der Waals surface area (Å²) in [5, 5.41) is 0. The number of benzene rings is 2. The van der Waals surface area contributed by atoms with Crippen molar-refractivity contribution in [2.75, 3.05) is 6.26 Å². The highest BCUT2D eigenvalue weighted by Gasteiger charge is 2.13. The minimum Gasteiger partial charge on any atom is -0.320 e. The van der Waals surface area contributed by atoms with Gasteiger partial charge >= 0.3 is 0 Å². The average Bonchev–Trinajstić information content (AvgIpc) is 2.41. The molecular weight excluding hydrogens is 245 g/mol. The van der Waals surface area contributed by atoms with Crippen LogP contribution in [-0.4, -0.2) is 6.26 Å². The first-order valence-electron chi connectivity index (χ1n) is 5.77. The van der Waals surface area contributed by atoms with Gasteiger partial charge in [0, 0.05) is 10.5 Å². The van der Waals surface area contributed by atoms with Gasteiger partial charge in [-0.1, -0.05) is 29.8 Å². The Bertz CT molecular complexity index is 537. The molecule has 0 saturated carbocycles. The van der Waals surface area contributed by atoms with Gasteiger partial charge in [0.15, 0.2) is 0 Å². The van der Waals surface area contributed by atoms with Crippen molar-refractivity contribution in [3.8, 4) is 0 Å². The molecule has 0 heterocycles. The Hall–Kier alpha value is -1.32. The molecule has 1 nitrogen and oxygen atoms in total. The molecule has 2 aromatic rings. The highest BCUT2D eigenvalue weighted by molar-refractivity contribution is 7.98. The fourth-order valence-electron chi connectivity index (χ4n) is 1.89. The monoisotopic (exact) mass is 261 g/mol. The molecular formula is C15H16FNS. The van der Waals surface area contributed by atoms with Crippen LogP contribution in [-0.2, 0) is 0 Å². The number of nitrogens with two attached hydrogens (primary N) is 1. The summed E-state index contributed by atoms with van der Waals surface area (Å²) in [7, 11) is 0. The fraction of sp³-hybridized carbons (Fsp3) is 0.200. The number of thioether (sulfide) groups is 1. The third-order valence-corrected chi connectivity index (χ3v) is 3.71. The first kappa shape index (κ1) is 13.1. The summed E-state index contributed by atoms with van der Waals surface area (Å²) in [5.74, 6) is -0.248. The zero-order valence-electron chi connectivity index (χ0n) is 10.5. The Kier molecular flexibility index (Phi) is 4.04. The van der Waals surface area contributed by atoms with E-state index < -0.39 is 6.04 Å². The number of rotatable bonds is 3. The molecule has 0 fully saturated rings. The van der Waals surface area contributed by atoms with Gasteiger partial charge in [-0.3, -0.25) is 0 Å². The van der Waals surface area contributed by atoms with Crippen LogP contribution in [0.1, 0.15) is 22.7 Å². The van der Waals surface area contributed by atoms with Crippen molar-refractivity contribution < 1.29 is 4.39 Å². The fourth-order valence-corrected chi connectivity index (χ4v) is 2.30. The van der Waals surface area contributed by atoms with E-state index in [9.17, 15) is 4.39 Å². The second-order valence-corrected chi connectivity index (χ2v) is 5.16. The van der Waals surface area contributed by atoms with Crippen LogP contribution in [0.25, 0.3) is 0 Å². The van der Waals surface area contributed by atoms with Crippen molar-refractivity contribution in [3.05, 3.63) is 65.0 Å². The number of halogens is 1. The molecule has 0 spiro atoms. The smallest absolute Gasteiger partial charge is 0.128 e. The van der Waals surface area contributed by atoms with E-state index >= 15 is 0 Å². The van der Waals surface area contributed by atoms with Gasteiger partial charge in [-0.2, -0.15) is 0 Å². The van der Waals surface area contributed by atoms with Crippen LogP contribution in [0.4, 0.5) is 4.39 Å². The van der Waals surface area contributed by atoms with Gasteiger partial charge in [0.2, 0.25) is 0 Å². The Morgan fingerprint density at radius 3 is 2.39 bits per heavy atom. The lowest BCUT2D eigenvalue weighted by Gasteiger charge is -2.14. The summed E-state index contributed by atoms with van der Waals surface area (Å²) in [6, 6.07) is 12.5. The predicted octanol–water partition coefficient (Wildman–Crippen LogP) is 3.90. The van der Waals surface area contributed by atoms with E-state index in [0.29, 0.717) is 5.56 Å². The highest BCUT2D eigenvalue weighted by Crippen LogP contribution is 2.25. The molecule has 94 valence electrons. The standard InChI is InChI=1S/C15H16FNS/c1-10-3-8-14(16)13(9-10)15(17)11-4-6-12(18-2)7-5-11/h3-9,15H,17H2,1-2H3. The molecule has 1 atom stereocenters. The zero-order chi connectivity index (χ0) is 13.1. The molecule has 0 aliphatic rings. The molecule has 2 aromatic carbocycles. The lowest BCUT2D eigenvalue weighted by molar-refractivity contribution is 0.599. The molecule has 0 aromatic heterocycles. The molecule has 3 heteroatoms. The maximum Gasteiger partial charge on any atom is 0.128 e. The van der Waals surface area contributed by atoms with Crippen LogP contribution in [0.15, 0.2) is 47.4 Å². The van der Waals surface area contributed by atoms with Crippen molar-refractivity contribution in [1.82, 2.24) is 0 Å². The topological polar surface area (TPSA) is 26.0 Å². The van der Waals surface area contributed by atoms with Gasteiger partial charge in [0.25, 0.3) is 0 Å². The maximum absolute atomic E-state index is 13.8. The van der Waals surface area contributed by atoms with Gasteiger partial charge in [-0.05, 0) is 36.9 Å². The third kappa shape index (κ3) is 2.74. The van der Waals surface area contributed by atoms with Crippen molar-refractivity contribution >= 4 is 11.8 Å². The molecule has 0 aliphatic carbocycles. The number of hydrogen-bond donors (Lipinski definition) is 1. The van der Waals surface area contributed by atoms with Gasteiger partial charge in [0.1, 0.15) is 5.82 Å². The Morgan fingerprint density at radius 1 is 1.11 bits per heavy atom. The first-order valence-corrected chi connectivity index (χ1v) is 7.00. The van der Waals surface area contributed by atoms with Crippen LogP contribution in [0, 0.1) is 12.7 Å². The van der Waals surface area contributed by atoms with Gasteiger partial charge < -0.3 is 5.73 Å². The number of hydrogen-bond acceptors (Lipinski definition) is 2. The van der Waals surface area contributed by atoms with Crippen molar-refractivity contribution in [2.45, 2.75) is 17.9 Å². The Labute approximate surface area is 111 Å². The van der Waals surface area contributed by atoms with E-state index in [-0.39, 0.29) is 5.82 Å². The molecule has 1 unspecified atom stereocenters. The van der Waals surface area contributed by atoms with Crippen LogP contribution < -0.4 is 5.73 Å². The lowest BCUT2D eigenvalue weighted by atomic mass is 9.98. The van der Waals surface area contributed by atoms with Gasteiger partial charge in [-0.25, -0.2) is 4.39 Å². The van der Waals surface area contributed by atoms with Crippen LogP contribution >= 0.6 is 11.8 Å². The second kappa shape index (κ2) is 5.55. The second-order valence-electron chi connectivity index (χ2n) is 4.28. The van der Waals surface area contributed by atoms with E-state index in [0.717, 1.165) is 11.1 Å². The molecule has 0 amide bonds. The van der Waals surface area contributed by atoms with Crippen LogP contribution in [0.5, 0.6) is 0 Å². The molecule has 0 radical (unpaired) electrons. The summed E-state index contributed by atoms with van der Waals surface area (Å²) in [6.45, 7) is 1.94. The first-order chi connectivity index (χ1) is 8.61. The average molecular weight is 261 g/mol. The summed E-state index contributed by atoms with van der Waals surface area (Å²) >= 11 is 1.68. The summed E-state index contributed by atoms with van der Waals surface area (Å²) in [6.07, 6.45) is 2.02. The Morgan fingerprint density at radius 2 is 1.78 bits per heavy atom. The predicted molar refractivity (Wildman–Crippen MR) is 75.4 cm³/mol. The largest absolute Gasteiger partial charge is 0.320 e.